The molecule has 3 nitrogen and oxygen atoms in total. The van der Waals surface area contributed by atoms with Gasteiger partial charge in [0.1, 0.15) is 5.75 Å². The molecule has 0 amide bonds. The number of phenols is 1. The van der Waals surface area contributed by atoms with E-state index in [2.05, 4.69) is 0 Å². The summed E-state index contributed by atoms with van der Waals surface area (Å²) in [6.07, 6.45) is 1.18. The van der Waals surface area contributed by atoms with E-state index in [1.54, 1.807) is 19.1 Å². The third-order valence-electron chi connectivity index (χ3n) is 2.23. The van der Waals surface area contributed by atoms with Crippen molar-refractivity contribution in [2.24, 2.45) is 0 Å². The normalized spacial score (nSPS) is 10.1. The third-order valence-corrected chi connectivity index (χ3v) is 2.23. The summed E-state index contributed by atoms with van der Waals surface area (Å²) in [7, 11) is 0. The van der Waals surface area contributed by atoms with Crippen LogP contribution in [0.25, 0.3) is 0 Å². The minimum atomic E-state index is -0.0888. The van der Waals surface area contributed by atoms with Gasteiger partial charge in [-0.1, -0.05) is 13.8 Å². The fourth-order valence-corrected chi connectivity index (χ4v) is 1.33. The first-order valence-electron chi connectivity index (χ1n) is 4.74. The summed E-state index contributed by atoms with van der Waals surface area (Å²) >= 11 is 0. The molecule has 3 N–H and O–H groups in total. The van der Waals surface area contributed by atoms with Gasteiger partial charge in [-0.05, 0) is 24.1 Å². The molecule has 0 atom stereocenters. The first kappa shape index (κ1) is 10.6. The Balaban J connectivity index is 3.27. The predicted molar refractivity (Wildman–Crippen MR) is 56.5 cm³/mol. The number of benzene rings is 1. The first-order chi connectivity index (χ1) is 6.60. The highest BCUT2D eigenvalue weighted by Crippen LogP contribution is 2.28. The Labute approximate surface area is 83.6 Å². The van der Waals surface area contributed by atoms with Crippen LogP contribution in [0.1, 0.15) is 36.2 Å². The molecule has 1 rings (SSSR count). The van der Waals surface area contributed by atoms with Gasteiger partial charge in [0, 0.05) is 6.42 Å². The van der Waals surface area contributed by atoms with E-state index in [0.29, 0.717) is 12.0 Å². The van der Waals surface area contributed by atoms with Gasteiger partial charge < -0.3 is 10.8 Å². The maximum Gasteiger partial charge on any atom is 0.166 e. The van der Waals surface area contributed by atoms with Crippen molar-refractivity contribution in [1.82, 2.24) is 0 Å². The number of hydrogen-bond donors (Lipinski definition) is 2. The molecular weight excluding hydrogens is 178 g/mol. The summed E-state index contributed by atoms with van der Waals surface area (Å²) in [5.74, 6) is -0.168. The summed E-state index contributed by atoms with van der Waals surface area (Å²) in [4.78, 5) is 11.4. The van der Waals surface area contributed by atoms with Crippen LogP contribution in [0.3, 0.4) is 0 Å². The van der Waals surface area contributed by atoms with E-state index in [1.165, 1.54) is 0 Å². The van der Waals surface area contributed by atoms with Gasteiger partial charge in [-0.3, -0.25) is 4.79 Å². The van der Waals surface area contributed by atoms with Crippen LogP contribution < -0.4 is 5.73 Å². The molecule has 0 unspecified atom stereocenters. The second kappa shape index (κ2) is 4.13. The number of carbonyl (C=O) groups excluding carboxylic acids is 1. The van der Waals surface area contributed by atoms with Crippen molar-refractivity contribution in [3.05, 3.63) is 23.3 Å². The van der Waals surface area contributed by atoms with Gasteiger partial charge in [0.05, 0.1) is 11.3 Å². The van der Waals surface area contributed by atoms with Gasteiger partial charge in [0.15, 0.2) is 5.78 Å². The third kappa shape index (κ3) is 1.87. The number of carbonyl (C=O) groups is 1. The van der Waals surface area contributed by atoms with Gasteiger partial charge in [0.2, 0.25) is 0 Å². The largest absolute Gasteiger partial charge is 0.505 e. The molecule has 0 aromatic heterocycles. The molecule has 0 spiro atoms. The lowest BCUT2D eigenvalue weighted by molar-refractivity contribution is 0.0985. The standard InChI is InChI=1S/C11H15NO2/c1-3-7-5-8(10(13)4-2)11(14)9(12)6-7/h5-6,14H,3-4,12H2,1-2H3. The van der Waals surface area contributed by atoms with Crippen molar-refractivity contribution in [2.45, 2.75) is 26.7 Å². The van der Waals surface area contributed by atoms with Crippen molar-refractivity contribution in [3.8, 4) is 5.75 Å². The molecule has 0 aliphatic rings. The average molecular weight is 193 g/mol. The van der Waals surface area contributed by atoms with E-state index in [-0.39, 0.29) is 17.2 Å². The number of phenolic OH excluding ortho intramolecular Hbond substituents is 1. The fourth-order valence-electron chi connectivity index (χ4n) is 1.33. The lowest BCUT2D eigenvalue weighted by Crippen LogP contribution is -2.01. The SMILES string of the molecule is CCC(=O)c1cc(CC)cc(N)c1O. The molecule has 0 heterocycles. The van der Waals surface area contributed by atoms with Gasteiger partial charge >= 0.3 is 0 Å². The van der Waals surface area contributed by atoms with Crippen LogP contribution in [0.4, 0.5) is 5.69 Å². The van der Waals surface area contributed by atoms with Crippen LogP contribution in [0.15, 0.2) is 12.1 Å². The van der Waals surface area contributed by atoms with Gasteiger partial charge in [-0.2, -0.15) is 0 Å². The number of nitrogens with two attached hydrogens (primary N) is 1. The number of nitrogen functional groups attached to an aromatic ring is 1. The van der Waals surface area contributed by atoms with Crippen LogP contribution in [0.2, 0.25) is 0 Å². The van der Waals surface area contributed by atoms with Crippen molar-refractivity contribution in [2.75, 3.05) is 5.73 Å². The number of hydrogen-bond acceptors (Lipinski definition) is 3. The van der Waals surface area contributed by atoms with Crippen molar-refractivity contribution < 1.29 is 9.90 Å². The minimum absolute atomic E-state index is 0.0792. The van der Waals surface area contributed by atoms with E-state index >= 15 is 0 Å². The Bertz CT molecular complexity index is 359. The number of aryl methyl sites for hydroxylation is 1. The molecule has 0 aliphatic heterocycles. The quantitative estimate of drug-likeness (QED) is 0.439. The molecule has 0 aliphatic carbocycles. The minimum Gasteiger partial charge on any atom is -0.505 e. The highest BCUT2D eigenvalue weighted by atomic mass is 16.3. The molecule has 1 aromatic rings. The summed E-state index contributed by atoms with van der Waals surface area (Å²) < 4.78 is 0. The van der Waals surface area contributed by atoms with E-state index < -0.39 is 0 Å². The maximum absolute atomic E-state index is 11.4. The summed E-state index contributed by atoms with van der Waals surface area (Å²) in [6, 6.07) is 3.40. The molecule has 0 fully saturated rings. The summed E-state index contributed by atoms with van der Waals surface area (Å²) in [6.45, 7) is 3.74. The molecular formula is C11H15NO2. The lowest BCUT2D eigenvalue weighted by Gasteiger charge is -2.07. The highest BCUT2D eigenvalue weighted by molar-refractivity contribution is 6.00. The maximum atomic E-state index is 11.4. The molecule has 0 saturated carbocycles. The summed E-state index contributed by atoms with van der Waals surface area (Å²) in [5, 5.41) is 9.57. The highest BCUT2D eigenvalue weighted by Gasteiger charge is 2.12. The van der Waals surface area contributed by atoms with Crippen LogP contribution >= 0.6 is 0 Å². The monoisotopic (exact) mass is 193 g/mol. The zero-order valence-electron chi connectivity index (χ0n) is 8.50. The second-order valence-corrected chi connectivity index (χ2v) is 3.21. The zero-order chi connectivity index (χ0) is 10.7. The molecule has 76 valence electrons. The first-order valence-corrected chi connectivity index (χ1v) is 4.74. The number of ketones is 1. The van der Waals surface area contributed by atoms with Crippen LogP contribution in [0, 0.1) is 0 Å². The van der Waals surface area contributed by atoms with Gasteiger partial charge in [0.25, 0.3) is 0 Å². The molecule has 0 bridgehead atoms. The number of aromatic hydroxyl groups is 1. The van der Waals surface area contributed by atoms with Crippen LogP contribution in [-0.4, -0.2) is 10.9 Å². The second-order valence-electron chi connectivity index (χ2n) is 3.21. The molecule has 1 aromatic carbocycles. The smallest absolute Gasteiger partial charge is 0.166 e. The Hall–Kier alpha value is -1.51. The summed E-state index contributed by atoms with van der Waals surface area (Å²) in [5.41, 5.74) is 7.17. The molecule has 3 heteroatoms. The number of rotatable bonds is 3. The molecule has 0 saturated heterocycles. The zero-order valence-corrected chi connectivity index (χ0v) is 8.50. The fraction of sp³-hybridized carbons (Fsp3) is 0.364. The van der Waals surface area contributed by atoms with Crippen molar-refractivity contribution in [1.29, 1.82) is 0 Å². The Morgan fingerprint density at radius 1 is 1.43 bits per heavy atom. The Kier molecular flexibility index (Phi) is 3.12. The van der Waals surface area contributed by atoms with Crippen molar-refractivity contribution >= 4 is 11.5 Å². The van der Waals surface area contributed by atoms with Crippen LogP contribution in [-0.2, 0) is 6.42 Å². The molecule has 14 heavy (non-hydrogen) atoms. The van der Waals surface area contributed by atoms with Gasteiger partial charge in [-0.15, -0.1) is 0 Å². The molecule has 0 radical (unpaired) electrons. The van der Waals surface area contributed by atoms with E-state index in [9.17, 15) is 9.90 Å². The van der Waals surface area contributed by atoms with E-state index in [4.69, 9.17) is 5.73 Å². The number of anilines is 1. The topological polar surface area (TPSA) is 63.3 Å². The Morgan fingerprint density at radius 2 is 2.07 bits per heavy atom. The van der Waals surface area contributed by atoms with E-state index in [0.717, 1.165) is 12.0 Å². The average Bonchev–Trinajstić information content (AvgIpc) is 2.20. The predicted octanol–water partition coefficient (Wildman–Crippen LogP) is 2.13. The lowest BCUT2D eigenvalue weighted by atomic mass is 10.0. The van der Waals surface area contributed by atoms with Crippen molar-refractivity contribution in [3.63, 3.8) is 0 Å². The Morgan fingerprint density at radius 3 is 2.57 bits per heavy atom. The number of Topliss-reactive ketones (excluding diaryl/α,β-unsaturated/α-hetero) is 1. The van der Waals surface area contributed by atoms with Gasteiger partial charge in [-0.25, -0.2) is 0 Å². The van der Waals surface area contributed by atoms with Crippen LogP contribution in [0.5, 0.6) is 5.75 Å². The van der Waals surface area contributed by atoms with E-state index in [1.807, 2.05) is 6.92 Å².